The van der Waals surface area contributed by atoms with Crippen LogP contribution in [0.5, 0.6) is 0 Å². The number of halogens is 4. The van der Waals surface area contributed by atoms with Gasteiger partial charge in [-0.15, -0.1) is 0 Å². The third kappa shape index (κ3) is 5.29. The molecule has 0 aromatic heterocycles. The normalized spacial score (nSPS) is 13.9. The molecule has 0 bridgehead atoms. The van der Waals surface area contributed by atoms with Gasteiger partial charge in [-0.05, 0) is 66.4 Å². The predicted octanol–water partition coefficient (Wildman–Crippen LogP) is 5.60. The Morgan fingerprint density at radius 3 is 2.31 bits per heavy atom. The molecule has 1 heterocycles. The van der Waals surface area contributed by atoms with E-state index in [4.69, 9.17) is 5.11 Å². The highest BCUT2D eigenvalue weighted by Gasteiger charge is 2.31. The van der Waals surface area contributed by atoms with Gasteiger partial charge >= 0.3 is 12.1 Å². The van der Waals surface area contributed by atoms with Crippen molar-refractivity contribution in [3.8, 4) is 0 Å². The minimum Gasteiger partial charge on any atom is -0.478 e. The van der Waals surface area contributed by atoms with Crippen molar-refractivity contribution < 1.29 is 32.3 Å². The average molecular weight is 486 g/mol. The number of alkyl halides is 3. The van der Waals surface area contributed by atoms with Gasteiger partial charge in [0.1, 0.15) is 5.82 Å². The van der Waals surface area contributed by atoms with E-state index in [2.05, 4.69) is 5.32 Å². The molecule has 3 aromatic carbocycles. The molecule has 0 aliphatic carbocycles. The number of benzene rings is 3. The maximum atomic E-state index is 14.3. The average Bonchev–Trinajstić information content (AvgIpc) is 3.20. The minimum atomic E-state index is -4.42. The molecule has 0 spiro atoms. The molecule has 2 N–H and O–H groups in total. The molecule has 4 rings (SSSR count). The van der Waals surface area contributed by atoms with Crippen LogP contribution in [0.15, 0.2) is 60.7 Å². The van der Waals surface area contributed by atoms with Crippen LogP contribution >= 0.6 is 0 Å². The standard InChI is InChI=1S/C26H22F4N2O3/c1-15(17-4-6-18(7-5-17)25(34)35)31-24(33)22-13-21(27)12-19-10-11-32(23(19)22)14-16-2-8-20(9-3-16)26(28,29)30/h2-9,12-13,15H,10-11,14H2,1H3,(H,31,33)(H,34,35)/t15-/m0/s1. The first-order chi connectivity index (χ1) is 16.5. The second-order valence-electron chi connectivity index (χ2n) is 8.45. The number of rotatable bonds is 6. The number of carboxylic acids is 1. The fourth-order valence-corrected chi connectivity index (χ4v) is 4.21. The Hall–Kier alpha value is -3.88. The number of fused-ring (bicyclic) bond motifs is 1. The first-order valence-corrected chi connectivity index (χ1v) is 10.9. The van der Waals surface area contributed by atoms with Crippen LogP contribution in [-0.4, -0.2) is 23.5 Å². The number of carboxylic acid groups (broad SMARTS) is 1. The summed E-state index contributed by atoms with van der Waals surface area (Å²) in [5, 5.41) is 11.9. The molecule has 35 heavy (non-hydrogen) atoms. The van der Waals surface area contributed by atoms with Crippen molar-refractivity contribution in [2.24, 2.45) is 0 Å². The summed E-state index contributed by atoms with van der Waals surface area (Å²) in [5.74, 6) is -2.12. The molecule has 3 aromatic rings. The van der Waals surface area contributed by atoms with Gasteiger partial charge in [0, 0.05) is 13.1 Å². The van der Waals surface area contributed by atoms with E-state index in [1.807, 2.05) is 4.90 Å². The number of nitrogens with zero attached hydrogens (tertiary/aromatic N) is 1. The fourth-order valence-electron chi connectivity index (χ4n) is 4.21. The summed E-state index contributed by atoms with van der Waals surface area (Å²) in [6.45, 7) is 2.49. The zero-order chi connectivity index (χ0) is 25.3. The smallest absolute Gasteiger partial charge is 0.416 e. The Balaban J connectivity index is 1.55. The van der Waals surface area contributed by atoms with Crippen molar-refractivity contribution >= 4 is 17.6 Å². The lowest BCUT2D eigenvalue weighted by atomic mass is 10.0. The number of hydrogen-bond donors (Lipinski definition) is 2. The Labute approximate surface area is 199 Å². The third-order valence-corrected chi connectivity index (χ3v) is 6.03. The molecular weight excluding hydrogens is 464 g/mol. The largest absolute Gasteiger partial charge is 0.478 e. The van der Waals surface area contributed by atoms with Crippen LogP contribution in [0.1, 0.15) is 55.9 Å². The summed E-state index contributed by atoms with van der Waals surface area (Å²) in [4.78, 5) is 26.1. The van der Waals surface area contributed by atoms with E-state index < -0.39 is 35.5 Å². The fraction of sp³-hybridized carbons (Fsp3) is 0.231. The summed E-state index contributed by atoms with van der Waals surface area (Å²) in [6, 6.07) is 12.9. The number of aromatic carboxylic acids is 1. The van der Waals surface area contributed by atoms with Crippen LogP contribution < -0.4 is 10.2 Å². The van der Waals surface area contributed by atoms with Gasteiger partial charge in [0.05, 0.1) is 28.4 Å². The van der Waals surface area contributed by atoms with Crippen molar-refractivity contribution in [1.82, 2.24) is 5.32 Å². The number of hydrogen-bond acceptors (Lipinski definition) is 3. The summed E-state index contributed by atoms with van der Waals surface area (Å²) in [7, 11) is 0. The van der Waals surface area contributed by atoms with Gasteiger partial charge in [-0.1, -0.05) is 24.3 Å². The summed E-state index contributed by atoms with van der Waals surface area (Å²) in [6.07, 6.45) is -3.92. The van der Waals surface area contributed by atoms with Gasteiger partial charge in [0.2, 0.25) is 0 Å². The van der Waals surface area contributed by atoms with E-state index in [0.717, 1.165) is 18.2 Å². The maximum absolute atomic E-state index is 14.3. The second kappa shape index (κ2) is 9.40. The van der Waals surface area contributed by atoms with Gasteiger partial charge in [-0.3, -0.25) is 4.79 Å². The predicted molar refractivity (Wildman–Crippen MR) is 122 cm³/mol. The quantitative estimate of drug-likeness (QED) is 0.446. The van der Waals surface area contributed by atoms with E-state index in [0.29, 0.717) is 35.3 Å². The molecule has 0 saturated heterocycles. The highest BCUT2D eigenvalue weighted by atomic mass is 19.4. The molecule has 9 heteroatoms. The van der Waals surface area contributed by atoms with Gasteiger partial charge in [-0.25, -0.2) is 9.18 Å². The van der Waals surface area contributed by atoms with Crippen LogP contribution in [0.4, 0.5) is 23.2 Å². The molecule has 1 atom stereocenters. The first kappa shape index (κ1) is 24.3. The SMILES string of the molecule is C[C@H](NC(=O)c1cc(F)cc2c1N(Cc1ccc(C(F)(F)F)cc1)CC2)c1ccc(C(=O)O)cc1. The molecule has 0 fully saturated rings. The van der Waals surface area contributed by atoms with Crippen molar-refractivity contribution in [3.63, 3.8) is 0 Å². The molecular formula is C26H22F4N2O3. The van der Waals surface area contributed by atoms with E-state index in [9.17, 15) is 27.2 Å². The number of amides is 1. The Kier molecular flexibility index (Phi) is 6.51. The maximum Gasteiger partial charge on any atom is 0.416 e. The van der Waals surface area contributed by atoms with Gasteiger partial charge in [0.15, 0.2) is 0 Å². The van der Waals surface area contributed by atoms with Crippen LogP contribution in [-0.2, 0) is 19.1 Å². The molecule has 0 radical (unpaired) electrons. The van der Waals surface area contributed by atoms with E-state index in [1.165, 1.54) is 30.3 Å². The monoisotopic (exact) mass is 486 g/mol. The Morgan fingerprint density at radius 1 is 1.06 bits per heavy atom. The van der Waals surface area contributed by atoms with Crippen LogP contribution in [0.3, 0.4) is 0 Å². The summed E-state index contributed by atoms with van der Waals surface area (Å²) < 4.78 is 52.9. The first-order valence-electron chi connectivity index (χ1n) is 10.9. The van der Waals surface area contributed by atoms with Gasteiger partial charge in [0.25, 0.3) is 5.91 Å². The van der Waals surface area contributed by atoms with E-state index >= 15 is 0 Å². The van der Waals surface area contributed by atoms with E-state index in [1.54, 1.807) is 19.1 Å². The number of carbonyl (C=O) groups is 2. The van der Waals surface area contributed by atoms with E-state index in [-0.39, 0.29) is 17.7 Å². The van der Waals surface area contributed by atoms with Gasteiger partial charge < -0.3 is 15.3 Å². The molecule has 1 aliphatic heterocycles. The molecule has 0 saturated carbocycles. The third-order valence-electron chi connectivity index (χ3n) is 6.03. The second-order valence-corrected chi connectivity index (χ2v) is 8.45. The molecule has 1 aliphatic rings. The van der Waals surface area contributed by atoms with Crippen LogP contribution in [0.25, 0.3) is 0 Å². The number of carbonyl (C=O) groups excluding carboxylic acids is 1. The van der Waals surface area contributed by atoms with Crippen molar-refractivity contribution in [1.29, 1.82) is 0 Å². The Morgan fingerprint density at radius 2 is 1.71 bits per heavy atom. The van der Waals surface area contributed by atoms with Crippen LogP contribution in [0.2, 0.25) is 0 Å². The summed E-state index contributed by atoms with van der Waals surface area (Å²) in [5.41, 5.74) is 2.03. The lowest BCUT2D eigenvalue weighted by Crippen LogP contribution is -2.29. The molecule has 182 valence electrons. The lowest BCUT2D eigenvalue weighted by Gasteiger charge is -2.23. The van der Waals surface area contributed by atoms with Crippen LogP contribution in [0, 0.1) is 5.82 Å². The lowest BCUT2D eigenvalue weighted by molar-refractivity contribution is -0.137. The number of nitrogens with one attached hydrogen (secondary N) is 1. The highest BCUT2D eigenvalue weighted by Crippen LogP contribution is 2.35. The molecule has 5 nitrogen and oxygen atoms in total. The molecule has 1 amide bonds. The summed E-state index contributed by atoms with van der Waals surface area (Å²) >= 11 is 0. The topological polar surface area (TPSA) is 69.6 Å². The highest BCUT2D eigenvalue weighted by molar-refractivity contribution is 6.01. The van der Waals surface area contributed by atoms with Gasteiger partial charge in [-0.2, -0.15) is 13.2 Å². The number of anilines is 1. The minimum absolute atomic E-state index is 0.120. The van der Waals surface area contributed by atoms with Crippen molar-refractivity contribution in [2.75, 3.05) is 11.4 Å². The van der Waals surface area contributed by atoms with Crippen molar-refractivity contribution in [3.05, 3.63) is 99.9 Å². The zero-order valence-electron chi connectivity index (χ0n) is 18.7. The molecule has 0 unspecified atom stereocenters. The van der Waals surface area contributed by atoms with Crippen molar-refractivity contribution in [2.45, 2.75) is 32.1 Å². The zero-order valence-corrected chi connectivity index (χ0v) is 18.7. The Bertz CT molecular complexity index is 1260.